The van der Waals surface area contributed by atoms with Crippen LogP contribution in [-0.2, 0) is 27.4 Å². The zero-order valence-corrected chi connectivity index (χ0v) is 22.8. The molecule has 1 saturated heterocycles. The van der Waals surface area contributed by atoms with Gasteiger partial charge in [-0.25, -0.2) is 0 Å². The Morgan fingerprint density at radius 2 is 1.64 bits per heavy atom. The van der Waals surface area contributed by atoms with Gasteiger partial charge in [-0.2, -0.15) is 0 Å². The average molecular weight is 532 g/mol. The first-order valence-electron chi connectivity index (χ1n) is 14.0. The number of benzene rings is 2. The first kappa shape index (κ1) is 27.2. The molecule has 0 spiro atoms. The molecule has 1 atom stereocenters. The number of Topliss-reactive ketones (excluding diaryl/α,β-unsaturated/α-hetero) is 2. The summed E-state index contributed by atoms with van der Waals surface area (Å²) in [5.74, 6) is -0.876. The summed E-state index contributed by atoms with van der Waals surface area (Å²) in [4.78, 5) is 54.0. The van der Waals surface area contributed by atoms with Gasteiger partial charge in [-0.1, -0.05) is 44.2 Å². The Labute approximate surface area is 229 Å². The molecule has 2 amide bonds. The Bertz CT molecular complexity index is 1250. The van der Waals surface area contributed by atoms with Crippen molar-refractivity contribution in [1.82, 2.24) is 9.80 Å². The first-order chi connectivity index (χ1) is 18.8. The lowest BCUT2D eigenvalue weighted by Gasteiger charge is -2.32. The van der Waals surface area contributed by atoms with Crippen molar-refractivity contribution in [2.45, 2.75) is 71.2 Å². The summed E-state index contributed by atoms with van der Waals surface area (Å²) in [5, 5.41) is 3.32. The molecule has 2 aliphatic heterocycles. The lowest BCUT2D eigenvalue weighted by molar-refractivity contribution is -0.132. The van der Waals surface area contributed by atoms with Crippen LogP contribution in [0.5, 0.6) is 0 Å². The first-order valence-corrected chi connectivity index (χ1v) is 14.0. The van der Waals surface area contributed by atoms with Gasteiger partial charge in [-0.15, -0.1) is 0 Å². The standard InChI is InChI=1S/C31H37N3O5/c1-20(2)19-39-24-12-14-33(15-13-24)18-22-8-6-21(7-9-22)17-32-26-5-3-4-25-29(26)31(38)34(30(25)37)27-11-10-23(35)16-28(27)36/h3-9,20,24,27,32H,10-19H2,1-2H3. The number of amides is 2. The number of ketones is 2. The van der Waals surface area contributed by atoms with Crippen molar-refractivity contribution in [3.63, 3.8) is 0 Å². The molecule has 39 heavy (non-hydrogen) atoms. The molecule has 0 bridgehead atoms. The summed E-state index contributed by atoms with van der Waals surface area (Å²) < 4.78 is 6.00. The summed E-state index contributed by atoms with van der Waals surface area (Å²) >= 11 is 0. The number of carbonyl (C=O) groups excluding carboxylic acids is 4. The van der Waals surface area contributed by atoms with E-state index >= 15 is 0 Å². The second-order valence-electron chi connectivity index (χ2n) is 11.3. The summed E-state index contributed by atoms with van der Waals surface area (Å²) in [6.07, 6.45) is 2.70. The average Bonchev–Trinajstić information content (AvgIpc) is 3.18. The molecular weight excluding hydrogens is 494 g/mol. The number of likely N-dealkylation sites (tertiary alicyclic amines) is 1. The van der Waals surface area contributed by atoms with Crippen LogP contribution in [-0.4, -0.2) is 65.0 Å². The quantitative estimate of drug-likeness (QED) is 0.382. The van der Waals surface area contributed by atoms with Gasteiger partial charge < -0.3 is 10.1 Å². The molecule has 2 aromatic rings. The number of rotatable bonds is 9. The normalized spacial score (nSPS) is 20.7. The minimum atomic E-state index is -0.867. The molecule has 8 nitrogen and oxygen atoms in total. The Morgan fingerprint density at radius 3 is 2.33 bits per heavy atom. The molecule has 2 aromatic carbocycles. The minimum absolute atomic E-state index is 0.141. The van der Waals surface area contributed by atoms with E-state index in [4.69, 9.17) is 4.74 Å². The van der Waals surface area contributed by atoms with Crippen LogP contribution in [0.2, 0.25) is 0 Å². The summed E-state index contributed by atoms with van der Waals surface area (Å²) in [5.41, 5.74) is 3.48. The second kappa shape index (κ2) is 11.8. The van der Waals surface area contributed by atoms with Gasteiger partial charge in [-0.05, 0) is 48.4 Å². The fraction of sp³-hybridized carbons (Fsp3) is 0.484. The van der Waals surface area contributed by atoms with E-state index in [9.17, 15) is 19.2 Å². The Morgan fingerprint density at radius 1 is 0.923 bits per heavy atom. The Hall–Kier alpha value is -3.36. The van der Waals surface area contributed by atoms with E-state index in [1.807, 2.05) is 0 Å². The molecule has 0 radical (unpaired) electrons. The SMILES string of the molecule is CC(C)COC1CCN(Cc2ccc(CNc3cccc4c3C(=O)N(C3CCC(=O)CC3=O)C4=O)cc2)CC1. The van der Waals surface area contributed by atoms with Crippen LogP contribution >= 0.6 is 0 Å². The van der Waals surface area contributed by atoms with E-state index in [1.54, 1.807) is 18.2 Å². The second-order valence-corrected chi connectivity index (χ2v) is 11.3. The third-order valence-electron chi connectivity index (χ3n) is 7.81. The molecule has 3 aliphatic rings. The molecule has 1 aliphatic carbocycles. The van der Waals surface area contributed by atoms with Crippen LogP contribution in [0.3, 0.4) is 0 Å². The van der Waals surface area contributed by atoms with Crippen molar-refractivity contribution in [2.24, 2.45) is 5.92 Å². The molecule has 1 saturated carbocycles. The van der Waals surface area contributed by atoms with Gasteiger partial charge in [-0.3, -0.25) is 29.0 Å². The third kappa shape index (κ3) is 6.12. The molecule has 1 N–H and O–H groups in total. The molecule has 8 heteroatoms. The predicted molar refractivity (Wildman–Crippen MR) is 147 cm³/mol. The van der Waals surface area contributed by atoms with E-state index in [2.05, 4.69) is 48.3 Å². The van der Waals surface area contributed by atoms with Gasteiger partial charge in [0.25, 0.3) is 11.8 Å². The number of hydrogen-bond acceptors (Lipinski definition) is 7. The van der Waals surface area contributed by atoms with Crippen molar-refractivity contribution in [1.29, 1.82) is 0 Å². The van der Waals surface area contributed by atoms with Crippen molar-refractivity contribution >= 4 is 29.1 Å². The maximum Gasteiger partial charge on any atom is 0.264 e. The largest absolute Gasteiger partial charge is 0.380 e. The highest BCUT2D eigenvalue weighted by molar-refractivity contribution is 6.25. The van der Waals surface area contributed by atoms with Crippen LogP contribution in [0.25, 0.3) is 0 Å². The van der Waals surface area contributed by atoms with Crippen molar-refractivity contribution in [3.05, 3.63) is 64.7 Å². The molecule has 5 rings (SSSR count). The van der Waals surface area contributed by atoms with Crippen molar-refractivity contribution in [3.8, 4) is 0 Å². The van der Waals surface area contributed by atoms with E-state index < -0.39 is 17.9 Å². The monoisotopic (exact) mass is 531 g/mol. The number of piperidine rings is 1. The van der Waals surface area contributed by atoms with Crippen LogP contribution < -0.4 is 5.32 Å². The van der Waals surface area contributed by atoms with Gasteiger partial charge in [0.15, 0.2) is 5.78 Å². The third-order valence-corrected chi connectivity index (χ3v) is 7.81. The van der Waals surface area contributed by atoms with Gasteiger partial charge in [0.1, 0.15) is 5.78 Å². The highest BCUT2D eigenvalue weighted by Gasteiger charge is 2.45. The lowest BCUT2D eigenvalue weighted by atomic mass is 9.92. The zero-order valence-electron chi connectivity index (χ0n) is 22.8. The number of nitrogens with one attached hydrogen (secondary N) is 1. The fourth-order valence-corrected chi connectivity index (χ4v) is 5.65. The van der Waals surface area contributed by atoms with E-state index in [0.717, 1.165) is 49.5 Å². The maximum atomic E-state index is 13.3. The fourth-order valence-electron chi connectivity index (χ4n) is 5.65. The number of carbonyl (C=O) groups is 4. The molecule has 0 aromatic heterocycles. The van der Waals surface area contributed by atoms with E-state index in [1.165, 1.54) is 5.56 Å². The summed E-state index contributed by atoms with van der Waals surface area (Å²) in [6.45, 7) is 8.68. The van der Waals surface area contributed by atoms with Crippen LogP contribution in [0.1, 0.15) is 77.8 Å². The van der Waals surface area contributed by atoms with Gasteiger partial charge in [0, 0.05) is 44.9 Å². The number of hydrogen-bond donors (Lipinski definition) is 1. The lowest BCUT2D eigenvalue weighted by Crippen LogP contribution is -2.47. The number of anilines is 1. The number of nitrogens with zero attached hydrogens (tertiary/aromatic N) is 2. The predicted octanol–water partition coefficient (Wildman–Crippen LogP) is 4.22. The molecular formula is C31H37N3O5. The van der Waals surface area contributed by atoms with Crippen LogP contribution in [0.4, 0.5) is 5.69 Å². The van der Waals surface area contributed by atoms with Crippen LogP contribution in [0.15, 0.2) is 42.5 Å². The van der Waals surface area contributed by atoms with E-state index in [-0.39, 0.29) is 30.8 Å². The van der Waals surface area contributed by atoms with Crippen molar-refractivity contribution in [2.75, 3.05) is 25.0 Å². The topological polar surface area (TPSA) is 96.0 Å². The highest BCUT2D eigenvalue weighted by atomic mass is 16.5. The smallest absolute Gasteiger partial charge is 0.264 e. The van der Waals surface area contributed by atoms with E-state index in [0.29, 0.717) is 35.4 Å². The van der Waals surface area contributed by atoms with Crippen molar-refractivity contribution < 1.29 is 23.9 Å². The van der Waals surface area contributed by atoms with Gasteiger partial charge in [0.05, 0.1) is 29.7 Å². The Balaban J connectivity index is 1.17. The summed E-state index contributed by atoms with van der Waals surface area (Å²) in [7, 11) is 0. The molecule has 2 heterocycles. The van der Waals surface area contributed by atoms with Gasteiger partial charge in [0.2, 0.25) is 0 Å². The molecule has 2 fully saturated rings. The number of ether oxygens (including phenoxy) is 1. The number of imide groups is 1. The maximum absolute atomic E-state index is 13.3. The molecule has 206 valence electrons. The van der Waals surface area contributed by atoms with Gasteiger partial charge >= 0.3 is 0 Å². The zero-order chi connectivity index (χ0) is 27.5. The number of fused-ring (bicyclic) bond motifs is 1. The summed E-state index contributed by atoms with van der Waals surface area (Å²) in [6, 6.07) is 12.7. The molecule has 1 unspecified atom stereocenters. The highest BCUT2D eigenvalue weighted by Crippen LogP contribution is 2.33. The Kier molecular flexibility index (Phi) is 8.23. The minimum Gasteiger partial charge on any atom is -0.380 e. The van der Waals surface area contributed by atoms with Crippen LogP contribution in [0, 0.1) is 5.92 Å².